The van der Waals surface area contributed by atoms with Crippen LogP contribution >= 0.6 is 0 Å². The van der Waals surface area contributed by atoms with Crippen molar-refractivity contribution in [2.75, 3.05) is 0 Å². The number of rotatable bonds is 1. The molecule has 3 aromatic carbocycles. The Bertz CT molecular complexity index is 850. The fourth-order valence-corrected chi connectivity index (χ4v) is 3.11. The van der Waals surface area contributed by atoms with Gasteiger partial charge < -0.3 is 0 Å². The van der Waals surface area contributed by atoms with E-state index in [4.69, 9.17) is 0 Å². The van der Waals surface area contributed by atoms with Crippen molar-refractivity contribution in [3.63, 3.8) is 0 Å². The molecule has 1 aliphatic carbocycles. The van der Waals surface area contributed by atoms with E-state index in [1.54, 1.807) is 0 Å². The molecule has 0 amide bonds. The van der Waals surface area contributed by atoms with Crippen molar-refractivity contribution in [2.24, 2.45) is 0 Å². The molecule has 0 radical (unpaired) electrons. The maximum Gasteiger partial charge on any atom is 0.131 e. The molecule has 0 nitrogen and oxygen atoms in total. The summed E-state index contributed by atoms with van der Waals surface area (Å²) in [5, 5.41) is 0. The molecule has 102 valence electrons. The van der Waals surface area contributed by atoms with Crippen molar-refractivity contribution in [3.05, 3.63) is 83.4 Å². The van der Waals surface area contributed by atoms with Gasteiger partial charge in [0.05, 0.1) is 0 Å². The van der Waals surface area contributed by atoms with E-state index in [0.717, 1.165) is 29.2 Å². The highest BCUT2D eigenvalue weighted by molar-refractivity contribution is 5.84. The number of hydrogen-bond donors (Lipinski definition) is 0. The van der Waals surface area contributed by atoms with Crippen LogP contribution in [0.15, 0.2) is 60.7 Å². The molecule has 0 aliphatic heterocycles. The van der Waals surface area contributed by atoms with Gasteiger partial charge in [0.1, 0.15) is 11.6 Å². The van der Waals surface area contributed by atoms with Crippen molar-refractivity contribution in [1.29, 1.82) is 0 Å². The maximum atomic E-state index is 14.1. The molecule has 1 aliphatic rings. The third-order valence-corrected chi connectivity index (χ3v) is 4.07. The molecule has 0 heterocycles. The molecule has 21 heavy (non-hydrogen) atoms. The summed E-state index contributed by atoms with van der Waals surface area (Å²) in [5.74, 6) is -0.805. The van der Waals surface area contributed by atoms with Gasteiger partial charge in [-0.1, -0.05) is 42.5 Å². The van der Waals surface area contributed by atoms with E-state index in [1.165, 1.54) is 23.3 Å². The van der Waals surface area contributed by atoms with Gasteiger partial charge in [0, 0.05) is 5.56 Å². The number of fused-ring (bicyclic) bond motifs is 3. The number of benzene rings is 3. The summed E-state index contributed by atoms with van der Waals surface area (Å²) in [6.07, 6.45) is 0.762. The van der Waals surface area contributed by atoms with Gasteiger partial charge in [-0.05, 0) is 52.4 Å². The largest absolute Gasteiger partial charge is 0.207 e. The van der Waals surface area contributed by atoms with E-state index in [2.05, 4.69) is 12.1 Å². The molecule has 0 saturated carbocycles. The second-order valence-corrected chi connectivity index (χ2v) is 5.29. The standard InChI is InChI=1S/C19H12F2/c20-13-8-9-19(21)18(11-13)16-7-3-6-15-14-5-2-1-4-12(14)10-17(15)16/h1-9,11H,10H2. The fraction of sp³-hybridized carbons (Fsp3) is 0.0526. The van der Waals surface area contributed by atoms with Crippen molar-refractivity contribution in [3.8, 4) is 22.3 Å². The van der Waals surface area contributed by atoms with Crippen LogP contribution in [0, 0.1) is 11.6 Å². The first kappa shape index (κ1) is 12.3. The third-order valence-electron chi connectivity index (χ3n) is 4.07. The summed E-state index contributed by atoms with van der Waals surface area (Å²) >= 11 is 0. The normalized spacial score (nSPS) is 12.1. The Labute approximate surface area is 121 Å². The lowest BCUT2D eigenvalue weighted by molar-refractivity contribution is 0.603. The molecule has 0 unspecified atom stereocenters. The van der Waals surface area contributed by atoms with E-state index in [1.807, 2.05) is 30.3 Å². The highest BCUT2D eigenvalue weighted by Gasteiger charge is 2.22. The molecule has 0 atom stereocenters. The Kier molecular flexibility index (Phi) is 2.64. The van der Waals surface area contributed by atoms with E-state index in [0.29, 0.717) is 5.56 Å². The van der Waals surface area contributed by atoms with E-state index < -0.39 is 5.82 Å². The second kappa shape index (κ2) is 4.52. The lowest BCUT2D eigenvalue weighted by atomic mass is 9.95. The first-order valence-corrected chi connectivity index (χ1v) is 6.89. The second-order valence-electron chi connectivity index (χ2n) is 5.29. The van der Waals surface area contributed by atoms with Crippen LogP contribution in [-0.2, 0) is 6.42 Å². The summed E-state index contributed by atoms with van der Waals surface area (Å²) in [6.45, 7) is 0. The van der Waals surface area contributed by atoms with Gasteiger partial charge in [0.25, 0.3) is 0 Å². The molecule has 2 heteroatoms. The molecule has 0 saturated heterocycles. The molecule has 0 fully saturated rings. The quantitative estimate of drug-likeness (QED) is 0.449. The predicted octanol–water partition coefficient (Wildman–Crippen LogP) is 5.20. The zero-order valence-electron chi connectivity index (χ0n) is 11.2. The van der Waals surface area contributed by atoms with Gasteiger partial charge in [-0.3, -0.25) is 0 Å². The first-order chi connectivity index (χ1) is 10.2. The van der Waals surface area contributed by atoms with Gasteiger partial charge in [-0.25, -0.2) is 8.78 Å². The van der Waals surface area contributed by atoms with Crippen LogP contribution in [-0.4, -0.2) is 0 Å². The van der Waals surface area contributed by atoms with Gasteiger partial charge in [-0.2, -0.15) is 0 Å². The average molecular weight is 278 g/mol. The van der Waals surface area contributed by atoms with Crippen molar-refractivity contribution >= 4 is 0 Å². The lowest BCUT2D eigenvalue weighted by Crippen LogP contribution is -1.92. The predicted molar refractivity (Wildman–Crippen MR) is 80.0 cm³/mol. The Hall–Kier alpha value is -2.48. The van der Waals surface area contributed by atoms with E-state index in [-0.39, 0.29) is 5.82 Å². The Balaban J connectivity index is 1.96. The summed E-state index contributed by atoms with van der Waals surface area (Å²) in [4.78, 5) is 0. The van der Waals surface area contributed by atoms with E-state index in [9.17, 15) is 8.78 Å². The molecule has 0 spiro atoms. The summed E-state index contributed by atoms with van der Waals surface area (Å²) in [5.41, 5.74) is 5.72. The maximum absolute atomic E-state index is 14.1. The molecule has 0 N–H and O–H groups in total. The van der Waals surface area contributed by atoms with Gasteiger partial charge in [0.15, 0.2) is 0 Å². The minimum atomic E-state index is -0.417. The minimum absolute atomic E-state index is 0.333. The van der Waals surface area contributed by atoms with Gasteiger partial charge in [-0.15, -0.1) is 0 Å². The Morgan fingerprint density at radius 2 is 1.38 bits per heavy atom. The van der Waals surface area contributed by atoms with Crippen molar-refractivity contribution in [2.45, 2.75) is 6.42 Å². The van der Waals surface area contributed by atoms with Crippen LogP contribution in [0.25, 0.3) is 22.3 Å². The average Bonchev–Trinajstić information content (AvgIpc) is 2.88. The van der Waals surface area contributed by atoms with Crippen LogP contribution in [0.2, 0.25) is 0 Å². The van der Waals surface area contributed by atoms with Crippen LogP contribution in [0.1, 0.15) is 11.1 Å². The first-order valence-electron chi connectivity index (χ1n) is 6.89. The van der Waals surface area contributed by atoms with Crippen LogP contribution in [0.4, 0.5) is 8.78 Å². The molecular weight excluding hydrogens is 266 g/mol. The topological polar surface area (TPSA) is 0 Å². The van der Waals surface area contributed by atoms with Gasteiger partial charge >= 0.3 is 0 Å². The highest BCUT2D eigenvalue weighted by atomic mass is 19.1. The minimum Gasteiger partial charge on any atom is -0.207 e. The molecular formula is C19H12F2. The Morgan fingerprint density at radius 1 is 0.667 bits per heavy atom. The molecule has 0 bridgehead atoms. The molecule has 4 rings (SSSR count). The van der Waals surface area contributed by atoms with Crippen LogP contribution in [0.5, 0.6) is 0 Å². The summed E-state index contributed by atoms with van der Waals surface area (Å²) in [6, 6.07) is 17.6. The van der Waals surface area contributed by atoms with Gasteiger partial charge in [0.2, 0.25) is 0 Å². The Morgan fingerprint density at radius 3 is 2.24 bits per heavy atom. The van der Waals surface area contributed by atoms with Crippen molar-refractivity contribution < 1.29 is 8.78 Å². The SMILES string of the molecule is Fc1ccc(F)c(-c2cccc3c2Cc2ccccc2-3)c1. The van der Waals surface area contributed by atoms with Crippen LogP contribution < -0.4 is 0 Å². The number of hydrogen-bond acceptors (Lipinski definition) is 0. The zero-order chi connectivity index (χ0) is 14.4. The van der Waals surface area contributed by atoms with E-state index >= 15 is 0 Å². The number of halogens is 2. The summed E-state index contributed by atoms with van der Waals surface area (Å²) < 4.78 is 27.6. The highest BCUT2D eigenvalue weighted by Crippen LogP contribution is 2.41. The van der Waals surface area contributed by atoms with Crippen molar-refractivity contribution in [1.82, 2.24) is 0 Å². The monoisotopic (exact) mass is 278 g/mol. The molecule has 0 aromatic heterocycles. The molecule has 3 aromatic rings. The smallest absolute Gasteiger partial charge is 0.131 e. The lowest BCUT2D eigenvalue weighted by Gasteiger charge is -2.10. The zero-order valence-corrected chi connectivity index (χ0v) is 11.2. The third kappa shape index (κ3) is 1.87. The summed E-state index contributed by atoms with van der Waals surface area (Å²) in [7, 11) is 0. The van der Waals surface area contributed by atoms with Crippen LogP contribution in [0.3, 0.4) is 0 Å². The fourth-order valence-electron chi connectivity index (χ4n) is 3.11.